The molecule has 1 N–H and O–H groups in total. The van der Waals surface area contributed by atoms with Crippen LogP contribution in [0.2, 0.25) is 0 Å². The second-order valence-corrected chi connectivity index (χ2v) is 5.81. The third-order valence-electron chi connectivity index (χ3n) is 3.70. The van der Waals surface area contributed by atoms with Crippen molar-refractivity contribution < 1.29 is 14.6 Å². The van der Waals surface area contributed by atoms with Crippen LogP contribution in [0.5, 0.6) is 0 Å². The predicted molar refractivity (Wildman–Crippen MR) is 95.5 cm³/mol. The van der Waals surface area contributed by atoms with Gasteiger partial charge in [0.25, 0.3) is 0 Å². The summed E-state index contributed by atoms with van der Waals surface area (Å²) in [7, 11) is 0. The Kier molecular flexibility index (Phi) is 10.9. The van der Waals surface area contributed by atoms with Crippen molar-refractivity contribution in [2.75, 3.05) is 0 Å². The maximum atomic E-state index is 10.6. The summed E-state index contributed by atoms with van der Waals surface area (Å²) in [4.78, 5) is 10.6. The van der Waals surface area contributed by atoms with Crippen molar-refractivity contribution in [3.63, 3.8) is 0 Å². The fourth-order valence-corrected chi connectivity index (χ4v) is 2.28. The van der Waals surface area contributed by atoms with Crippen LogP contribution in [0.4, 0.5) is 0 Å². The van der Waals surface area contributed by atoms with Gasteiger partial charge in [0.15, 0.2) is 6.10 Å². The number of allylic oxidation sites excluding steroid dienone is 8. The number of aliphatic carboxylic acids is 1. The number of carboxylic acids is 1. The Morgan fingerprint density at radius 2 is 1.70 bits per heavy atom. The largest absolute Gasteiger partial charge is 0.479 e. The van der Waals surface area contributed by atoms with E-state index in [0.717, 1.165) is 25.7 Å². The molecule has 3 heteroatoms. The summed E-state index contributed by atoms with van der Waals surface area (Å²) in [5.74, 6) is -0.837. The zero-order chi connectivity index (χ0) is 16.8. The van der Waals surface area contributed by atoms with Gasteiger partial charge in [-0.1, -0.05) is 68.4 Å². The Bertz CT molecular complexity index is 432. The maximum Gasteiger partial charge on any atom is 0.335 e. The quantitative estimate of drug-likeness (QED) is 0.220. The van der Waals surface area contributed by atoms with Crippen molar-refractivity contribution in [3.8, 4) is 0 Å². The van der Waals surface area contributed by atoms with Gasteiger partial charge >= 0.3 is 5.97 Å². The summed E-state index contributed by atoms with van der Waals surface area (Å²) in [6, 6.07) is 0. The standard InChI is InChI=1S/C20H30O3/c1-2-3-4-5-6-7-8-9-10-11-12-13-14-15-16-17-18-19(23-18)20(21)22/h6-7,9-14,18-19H,2-5,8,15-17H2,1H3,(H,21,22). The zero-order valence-corrected chi connectivity index (χ0v) is 14.2. The minimum Gasteiger partial charge on any atom is -0.479 e. The summed E-state index contributed by atoms with van der Waals surface area (Å²) in [5, 5.41) is 8.69. The average molecular weight is 318 g/mol. The van der Waals surface area contributed by atoms with Gasteiger partial charge in [-0.2, -0.15) is 0 Å². The van der Waals surface area contributed by atoms with Gasteiger partial charge in [0, 0.05) is 0 Å². The first-order chi connectivity index (χ1) is 11.3. The molecule has 0 radical (unpaired) electrons. The highest BCUT2D eigenvalue weighted by atomic mass is 16.6. The molecule has 3 nitrogen and oxygen atoms in total. The number of rotatable bonds is 13. The van der Waals surface area contributed by atoms with Crippen molar-refractivity contribution in [1.82, 2.24) is 0 Å². The Balaban J connectivity index is 1.93. The van der Waals surface area contributed by atoms with E-state index >= 15 is 0 Å². The highest BCUT2D eigenvalue weighted by Crippen LogP contribution is 2.27. The molecule has 0 amide bonds. The van der Waals surface area contributed by atoms with Gasteiger partial charge < -0.3 is 9.84 Å². The molecule has 1 fully saturated rings. The molecule has 0 saturated carbocycles. The summed E-state index contributed by atoms with van der Waals surface area (Å²) in [5.41, 5.74) is 0. The van der Waals surface area contributed by atoms with E-state index in [-0.39, 0.29) is 6.10 Å². The van der Waals surface area contributed by atoms with Gasteiger partial charge in [0.05, 0.1) is 6.10 Å². The summed E-state index contributed by atoms with van der Waals surface area (Å²) < 4.78 is 5.05. The van der Waals surface area contributed by atoms with Crippen LogP contribution < -0.4 is 0 Å². The lowest BCUT2D eigenvalue weighted by Crippen LogP contribution is -2.07. The minimum atomic E-state index is -0.837. The summed E-state index contributed by atoms with van der Waals surface area (Å²) in [6.07, 6.45) is 25.1. The monoisotopic (exact) mass is 318 g/mol. The summed E-state index contributed by atoms with van der Waals surface area (Å²) >= 11 is 0. The van der Waals surface area contributed by atoms with Gasteiger partial charge in [-0.25, -0.2) is 4.79 Å². The number of carboxylic acid groups (broad SMARTS) is 1. The highest BCUT2D eigenvalue weighted by molar-refractivity contribution is 5.75. The van der Waals surface area contributed by atoms with Crippen LogP contribution in [0.1, 0.15) is 58.3 Å². The fraction of sp³-hybridized carbons (Fsp3) is 0.550. The fourth-order valence-electron chi connectivity index (χ4n) is 2.28. The number of unbranched alkanes of at least 4 members (excludes halogenated alkanes) is 4. The van der Waals surface area contributed by atoms with Crippen LogP contribution in [0.3, 0.4) is 0 Å². The molecule has 1 aliphatic rings. The van der Waals surface area contributed by atoms with Gasteiger partial charge in [0.1, 0.15) is 0 Å². The van der Waals surface area contributed by atoms with Gasteiger partial charge in [0.2, 0.25) is 0 Å². The third kappa shape index (κ3) is 10.7. The van der Waals surface area contributed by atoms with E-state index < -0.39 is 12.1 Å². The topological polar surface area (TPSA) is 49.8 Å². The molecule has 1 saturated heterocycles. The first-order valence-electron chi connectivity index (χ1n) is 8.77. The molecular weight excluding hydrogens is 288 g/mol. The maximum absolute atomic E-state index is 10.6. The number of epoxide rings is 1. The molecule has 1 heterocycles. The van der Waals surface area contributed by atoms with E-state index in [1.807, 2.05) is 18.2 Å². The first kappa shape index (κ1) is 19.4. The molecule has 0 spiro atoms. The smallest absolute Gasteiger partial charge is 0.335 e. The summed E-state index contributed by atoms with van der Waals surface area (Å²) in [6.45, 7) is 2.23. The lowest BCUT2D eigenvalue weighted by molar-refractivity contribution is -0.138. The minimum absolute atomic E-state index is 0.0607. The van der Waals surface area contributed by atoms with Crippen LogP contribution in [-0.2, 0) is 9.53 Å². The second-order valence-electron chi connectivity index (χ2n) is 5.81. The molecule has 23 heavy (non-hydrogen) atoms. The molecular formula is C20H30O3. The first-order valence-corrected chi connectivity index (χ1v) is 8.77. The molecule has 0 bridgehead atoms. The van der Waals surface area contributed by atoms with Crippen molar-refractivity contribution >= 4 is 5.97 Å². The Morgan fingerprint density at radius 1 is 0.957 bits per heavy atom. The van der Waals surface area contributed by atoms with Crippen molar-refractivity contribution in [2.24, 2.45) is 0 Å². The number of carbonyl (C=O) groups is 1. The van der Waals surface area contributed by atoms with E-state index in [9.17, 15) is 4.79 Å². The average Bonchev–Trinajstić information content (AvgIpc) is 3.31. The molecule has 2 unspecified atom stereocenters. The normalized spacial score (nSPS) is 21.3. The van der Waals surface area contributed by atoms with Crippen LogP contribution in [-0.4, -0.2) is 23.3 Å². The Hall–Kier alpha value is -1.61. The van der Waals surface area contributed by atoms with Crippen molar-refractivity contribution in [3.05, 3.63) is 48.6 Å². The number of ether oxygens (including phenoxy) is 1. The Labute approximate surface area is 140 Å². The van der Waals surface area contributed by atoms with Crippen molar-refractivity contribution in [2.45, 2.75) is 70.5 Å². The SMILES string of the molecule is CCCCCC=CCC=CC=CC=CCCCC1OC1C(=O)O. The third-order valence-corrected chi connectivity index (χ3v) is 3.70. The van der Waals surface area contributed by atoms with E-state index in [1.165, 1.54) is 25.7 Å². The van der Waals surface area contributed by atoms with E-state index in [0.29, 0.717) is 0 Å². The molecule has 0 aromatic heterocycles. The van der Waals surface area contributed by atoms with E-state index in [1.54, 1.807) is 0 Å². The van der Waals surface area contributed by atoms with Crippen LogP contribution in [0.15, 0.2) is 48.6 Å². The number of hydrogen-bond acceptors (Lipinski definition) is 2. The van der Waals surface area contributed by atoms with E-state index in [4.69, 9.17) is 9.84 Å². The Morgan fingerprint density at radius 3 is 2.39 bits per heavy atom. The lowest BCUT2D eigenvalue weighted by atomic mass is 10.1. The molecule has 1 aliphatic heterocycles. The molecule has 0 aromatic rings. The lowest BCUT2D eigenvalue weighted by Gasteiger charge is -1.91. The van der Waals surface area contributed by atoms with Crippen LogP contribution >= 0.6 is 0 Å². The molecule has 1 rings (SSSR count). The molecule has 0 aliphatic carbocycles. The molecule has 2 atom stereocenters. The second kappa shape index (κ2) is 12.9. The van der Waals surface area contributed by atoms with Gasteiger partial charge in [-0.3, -0.25) is 0 Å². The number of hydrogen-bond donors (Lipinski definition) is 1. The molecule has 128 valence electrons. The van der Waals surface area contributed by atoms with Gasteiger partial charge in [-0.15, -0.1) is 0 Å². The van der Waals surface area contributed by atoms with Crippen LogP contribution in [0.25, 0.3) is 0 Å². The van der Waals surface area contributed by atoms with Crippen LogP contribution in [0, 0.1) is 0 Å². The van der Waals surface area contributed by atoms with E-state index in [2.05, 4.69) is 37.3 Å². The molecule has 0 aromatic carbocycles. The predicted octanol–water partition coefficient (Wildman–Crippen LogP) is 5.20. The van der Waals surface area contributed by atoms with Gasteiger partial charge in [-0.05, 0) is 38.5 Å². The zero-order valence-electron chi connectivity index (χ0n) is 14.2. The van der Waals surface area contributed by atoms with Crippen molar-refractivity contribution in [1.29, 1.82) is 0 Å². The highest BCUT2D eigenvalue weighted by Gasteiger charge is 2.44.